The van der Waals surface area contributed by atoms with Crippen LogP contribution in [-0.4, -0.2) is 7.11 Å². The highest BCUT2D eigenvalue weighted by atomic mass is 16.7. The second kappa shape index (κ2) is 6.04. The van der Waals surface area contributed by atoms with Crippen molar-refractivity contribution >= 4 is 0 Å². The van der Waals surface area contributed by atoms with Gasteiger partial charge in [0, 0.05) is 5.41 Å². The van der Waals surface area contributed by atoms with Crippen LogP contribution >= 0.6 is 0 Å². The first-order valence-electron chi connectivity index (χ1n) is 7.02. The molecule has 0 N–H and O–H groups in total. The highest BCUT2D eigenvalue weighted by Crippen LogP contribution is 2.32. The van der Waals surface area contributed by atoms with E-state index in [4.69, 9.17) is 9.47 Å². The first-order chi connectivity index (χ1) is 9.93. The molecular formula is C19H22O2. The molecule has 2 aromatic rings. The summed E-state index contributed by atoms with van der Waals surface area (Å²) in [5.74, 6) is 1.02. The van der Waals surface area contributed by atoms with Gasteiger partial charge in [-0.05, 0) is 36.8 Å². The SMILES string of the molecule is C=C(OC)Oc1ccc(C(C)(C)c2ccc(C)cc2)cc1. The third kappa shape index (κ3) is 3.46. The molecule has 0 spiro atoms. The van der Waals surface area contributed by atoms with Crippen molar-refractivity contribution in [2.45, 2.75) is 26.2 Å². The number of hydrogen-bond donors (Lipinski definition) is 0. The van der Waals surface area contributed by atoms with E-state index in [1.54, 1.807) is 0 Å². The van der Waals surface area contributed by atoms with Crippen molar-refractivity contribution < 1.29 is 9.47 Å². The molecule has 0 fully saturated rings. The van der Waals surface area contributed by atoms with Gasteiger partial charge < -0.3 is 9.47 Å². The summed E-state index contributed by atoms with van der Waals surface area (Å²) in [6.45, 7) is 10.2. The van der Waals surface area contributed by atoms with Crippen molar-refractivity contribution in [1.82, 2.24) is 0 Å². The second-order valence-electron chi connectivity index (χ2n) is 5.69. The Morgan fingerprint density at radius 1 is 0.905 bits per heavy atom. The molecule has 0 aliphatic heterocycles. The van der Waals surface area contributed by atoms with Crippen LogP contribution in [0.15, 0.2) is 61.1 Å². The number of hydrogen-bond acceptors (Lipinski definition) is 2. The van der Waals surface area contributed by atoms with Gasteiger partial charge in [0.05, 0.1) is 7.11 Å². The standard InChI is InChI=1S/C19H22O2/c1-14-6-8-16(9-7-14)19(3,4)17-10-12-18(13-11-17)21-15(2)20-5/h6-13H,2H2,1,3-5H3. The Morgan fingerprint density at radius 2 is 1.38 bits per heavy atom. The summed E-state index contributed by atoms with van der Waals surface area (Å²) in [5.41, 5.74) is 3.76. The molecule has 0 aliphatic carbocycles. The monoisotopic (exact) mass is 282 g/mol. The molecule has 2 heteroatoms. The Morgan fingerprint density at radius 3 is 1.86 bits per heavy atom. The van der Waals surface area contributed by atoms with Gasteiger partial charge >= 0.3 is 0 Å². The maximum absolute atomic E-state index is 5.44. The Hall–Kier alpha value is -2.22. The van der Waals surface area contributed by atoms with Gasteiger partial charge in [0.2, 0.25) is 0 Å². The van der Waals surface area contributed by atoms with Crippen LogP contribution in [0.5, 0.6) is 5.75 Å². The normalized spacial score (nSPS) is 11.0. The second-order valence-corrected chi connectivity index (χ2v) is 5.69. The van der Waals surface area contributed by atoms with Crippen molar-refractivity contribution in [3.8, 4) is 5.75 Å². The van der Waals surface area contributed by atoms with Crippen LogP contribution in [-0.2, 0) is 10.2 Å². The smallest absolute Gasteiger partial charge is 0.276 e. The zero-order valence-electron chi connectivity index (χ0n) is 13.1. The summed E-state index contributed by atoms with van der Waals surface area (Å²) < 4.78 is 10.4. The predicted molar refractivity (Wildman–Crippen MR) is 86.5 cm³/mol. The molecule has 0 saturated heterocycles. The molecule has 110 valence electrons. The van der Waals surface area contributed by atoms with Crippen molar-refractivity contribution in [1.29, 1.82) is 0 Å². The minimum absolute atomic E-state index is 0.0511. The Balaban J connectivity index is 2.24. The van der Waals surface area contributed by atoms with Gasteiger partial charge in [0.15, 0.2) is 0 Å². The third-order valence-electron chi connectivity index (χ3n) is 3.81. The fraction of sp³-hybridized carbons (Fsp3) is 0.263. The minimum atomic E-state index is -0.0511. The Bertz CT molecular complexity index is 607. The molecule has 0 radical (unpaired) electrons. The van der Waals surface area contributed by atoms with Gasteiger partial charge in [0.1, 0.15) is 5.75 Å². The van der Waals surface area contributed by atoms with Gasteiger partial charge in [0.25, 0.3) is 5.95 Å². The van der Waals surface area contributed by atoms with Gasteiger partial charge in [-0.2, -0.15) is 0 Å². The first-order valence-corrected chi connectivity index (χ1v) is 7.02. The van der Waals surface area contributed by atoms with Crippen molar-refractivity contribution in [2.24, 2.45) is 0 Å². The van der Waals surface area contributed by atoms with Gasteiger partial charge in [-0.15, -0.1) is 0 Å². The summed E-state index contributed by atoms with van der Waals surface area (Å²) >= 11 is 0. The zero-order valence-corrected chi connectivity index (χ0v) is 13.1. The number of benzene rings is 2. The van der Waals surface area contributed by atoms with Gasteiger partial charge in [-0.25, -0.2) is 0 Å². The Labute approximate surface area is 127 Å². The summed E-state index contributed by atoms with van der Waals surface area (Å²) in [6.07, 6.45) is 0. The molecule has 0 aromatic heterocycles. The average molecular weight is 282 g/mol. The first kappa shape index (κ1) is 15.2. The number of aryl methyl sites for hydroxylation is 1. The maximum Gasteiger partial charge on any atom is 0.276 e. The van der Waals surface area contributed by atoms with Crippen LogP contribution in [0.25, 0.3) is 0 Å². The Kier molecular flexibility index (Phi) is 4.37. The fourth-order valence-electron chi connectivity index (χ4n) is 2.25. The largest absolute Gasteiger partial charge is 0.469 e. The van der Waals surface area contributed by atoms with E-state index in [9.17, 15) is 0 Å². The van der Waals surface area contributed by atoms with Crippen LogP contribution in [0.1, 0.15) is 30.5 Å². The molecule has 0 bridgehead atoms. The van der Waals surface area contributed by atoms with Crippen LogP contribution in [0.4, 0.5) is 0 Å². The summed E-state index contributed by atoms with van der Waals surface area (Å²) in [5, 5.41) is 0. The summed E-state index contributed by atoms with van der Waals surface area (Å²) in [7, 11) is 1.54. The van der Waals surface area contributed by atoms with E-state index < -0.39 is 0 Å². The lowest BCUT2D eigenvalue weighted by atomic mass is 9.78. The van der Waals surface area contributed by atoms with E-state index in [0.29, 0.717) is 5.95 Å². The van der Waals surface area contributed by atoms with Crippen molar-refractivity contribution in [2.75, 3.05) is 7.11 Å². The quantitative estimate of drug-likeness (QED) is 0.732. The lowest BCUT2D eigenvalue weighted by molar-refractivity contribution is 0.154. The summed E-state index contributed by atoms with van der Waals surface area (Å²) in [4.78, 5) is 0. The lowest BCUT2D eigenvalue weighted by Crippen LogP contribution is -2.18. The molecule has 0 amide bonds. The van der Waals surface area contributed by atoms with Gasteiger partial charge in [-0.1, -0.05) is 55.8 Å². The van der Waals surface area contributed by atoms with E-state index in [2.05, 4.69) is 63.7 Å². The molecule has 0 heterocycles. The molecular weight excluding hydrogens is 260 g/mol. The predicted octanol–water partition coefficient (Wildman–Crippen LogP) is 4.82. The maximum atomic E-state index is 5.44. The summed E-state index contributed by atoms with van der Waals surface area (Å²) in [6, 6.07) is 16.7. The number of rotatable bonds is 5. The molecule has 2 rings (SSSR count). The highest BCUT2D eigenvalue weighted by Gasteiger charge is 2.22. The fourth-order valence-corrected chi connectivity index (χ4v) is 2.25. The van der Waals surface area contributed by atoms with E-state index >= 15 is 0 Å². The van der Waals surface area contributed by atoms with E-state index in [-0.39, 0.29) is 5.41 Å². The van der Waals surface area contributed by atoms with Crippen LogP contribution in [0, 0.1) is 6.92 Å². The van der Waals surface area contributed by atoms with Crippen molar-refractivity contribution in [3.63, 3.8) is 0 Å². The van der Waals surface area contributed by atoms with Crippen LogP contribution < -0.4 is 4.74 Å². The third-order valence-corrected chi connectivity index (χ3v) is 3.81. The molecule has 0 aliphatic rings. The molecule has 2 nitrogen and oxygen atoms in total. The van der Waals surface area contributed by atoms with E-state index in [0.717, 1.165) is 5.75 Å². The number of methoxy groups -OCH3 is 1. The lowest BCUT2D eigenvalue weighted by Gasteiger charge is -2.26. The minimum Gasteiger partial charge on any atom is -0.469 e. The van der Waals surface area contributed by atoms with E-state index in [1.807, 2.05) is 12.1 Å². The van der Waals surface area contributed by atoms with Gasteiger partial charge in [-0.3, -0.25) is 0 Å². The molecule has 2 aromatic carbocycles. The van der Waals surface area contributed by atoms with Crippen LogP contribution in [0.2, 0.25) is 0 Å². The average Bonchev–Trinajstić information content (AvgIpc) is 2.48. The highest BCUT2D eigenvalue weighted by molar-refractivity contribution is 5.40. The molecule has 21 heavy (non-hydrogen) atoms. The molecule has 0 unspecified atom stereocenters. The topological polar surface area (TPSA) is 18.5 Å². The number of ether oxygens (including phenoxy) is 2. The zero-order chi connectivity index (χ0) is 15.5. The molecule has 0 saturated carbocycles. The van der Waals surface area contributed by atoms with Crippen molar-refractivity contribution in [3.05, 3.63) is 77.7 Å². The van der Waals surface area contributed by atoms with E-state index in [1.165, 1.54) is 23.8 Å². The molecule has 0 atom stereocenters. The van der Waals surface area contributed by atoms with Crippen LogP contribution in [0.3, 0.4) is 0 Å².